The van der Waals surface area contributed by atoms with Crippen LogP contribution in [0.3, 0.4) is 0 Å². The number of aliphatic hydroxyl groups is 1. The highest BCUT2D eigenvalue weighted by molar-refractivity contribution is 5.91. The van der Waals surface area contributed by atoms with Gasteiger partial charge in [-0.3, -0.25) is 14.4 Å². The monoisotopic (exact) mass is 602 g/mol. The molecule has 10 nitrogen and oxygen atoms in total. The van der Waals surface area contributed by atoms with Gasteiger partial charge in [0.15, 0.2) is 6.10 Å². The molecule has 4 amide bonds. The lowest BCUT2D eigenvalue weighted by Crippen LogP contribution is -2.58. The van der Waals surface area contributed by atoms with E-state index in [0.717, 1.165) is 16.7 Å². The summed E-state index contributed by atoms with van der Waals surface area (Å²) in [4.78, 5) is 51.8. The van der Waals surface area contributed by atoms with Gasteiger partial charge in [0.05, 0.1) is 6.04 Å². The molecule has 0 aliphatic heterocycles. The highest BCUT2D eigenvalue weighted by Crippen LogP contribution is 2.11. The van der Waals surface area contributed by atoms with Crippen molar-refractivity contribution in [2.45, 2.75) is 71.0 Å². The van der Waals surface area contributed by atoms with Crippen LogP contribution in [-0.4, -0.2) is 53.2 Å². The molecule has 3 rings (SSSR count). The molecule has 0 aliphatic rings. The summed E-state index contributed by atoms with van der Waals surface area (Å²) in [7, 11) is 0. The first-order valence-electron chi connectivity index (χ1n) is 14.7. The Bertz CT molecular complexity index is 1340. The molecule has 0 spiro atoms. The molecular formula is C34H42N4O6. The first kappa shape index (κ1) is 33.8. The highest BCUT2D eigenvalue weighted by Gasteiger charge is 2.32. The minimum absolute atomic E-state index is 0.0248. The number of hydrogen-bond donors (Lipinski definition) is 5. The lowest BCUT2D eigenvalue weighted by atomic mass is 9.98. The Labute approximate surface area is 258 Å². The molecule has 0 bridgehead atoms. The van der Waals surface area contributed by atoms with E-state index in [-0.39, 0.29) is 31.9 Å². The largest absolute Gasteiger partial charge is 0.445 e. The summed E-state index contributed by atoms with van der Waals surface area (Å²) in [6.07, 6.45) is -1.86. The van der Waals surface area contributed by atoms with Crippen LogP contribution in [0.1, 0.15) is 43.9 Å². The van der Waals surface area contributed by atoms with Gasteiger partial charge in [-0.05, 0) is 42.4 Å². The van der Waals surface area contributed by atoms with Crippen molar-refractivity contribution in [3.8, 4) is 0 Å². The van der Waals surface area contributed by atoms with Crippen molar-refractivity contribution in [1.82, 2.24) is 21.3 Å². The predicted octanol–water partition coefficient (Wildman–Crippen LogP) is 3.24. The first-order chi connectivity index (χ1) is 21.1. The van der Waals surface area contributed by atoms with Gasteiger partial charge in [0.2, 0.25) is 11.8 Å². The molecule has 5 N–H and O–H groups in total. The Hall–Kier alpha value is -4.70. The molecule has 1 unspecified atom stereocenters. The third-order valence-corrected chi connectivity index (χ3v) is 6.87. The molecule has 0 heterocycles. The fraction of sp³-hybridized carbons (Fsp3) is 0.353. The van der Waals surface area contributed by atoms with Crippen LogP contribution in [0.2, 0.25) is 0 Å². The van der Waals surface area contributed by atoms with E-state index >= 15 is 0 Å². The van der Waals surface area contributed by atoms with Gasteiger partial charge in [-0.25, -0.2) is 4.79 Å². The van der Waals surface area contributed by atoms with Gasteiger partial charge in [0.25, 0.3) is 5.91 Å². The molecule has 4 atom stereocenters. The fourth-order valence-electron chi connectivity index (χ4n) is 4.47. The number of alkyl carbamates (subject to hydrolysis) is 1. The van der Waals surface area contributed by atoms with Crippen LogP contribution in [0.4, 0.5) is 4.79 Å². The molecule has 0 saturated carbocycles. The normalized spacial score (nSPS) is 13.6. The van der Waals surface area contributed by atoms with Crippen molar-refractivity contribution >= 4 is 23.8 Å². The van der Waals surface area contributed by atoms with E-state index in [1.807, 2.05) is 105 Å². The number of carbonyl (C=O) groups is 4. The Morgan fingerprint density at radius 1 is 0.682 bits per heavy atom. The first-order valence-corrected chi connectivity index (χ1v) is 14.7. The van der Waals surface area contributed by atoms with Crippen molar-refractivity contribution < 1.29 is 29.0 Å². The Morgan fingerprint density at radius 2 is 1.23 bits per heavy atom. The second-order valence-electron chi connectivity index (χ2n) is 11.1. The number of rotatable bonds is 15. The second kappa shape index (κ2) is 17.4. The van der Waals surface area contributed by atoms with Crippen LogP contribution >= 0.6 is 0 Å². The molecule has 0 radical (unpaired) electrons. The van der Waals surface area contributed by atoms with Crippen molar-refractivity contribution in [2.24, 2.45) is 5.92 Å². The summed E-state index contributed by atoms with van der Waals surface area (Å²) in [6, 6.07) is 24.6. The number of hydrogen-bond acceptors (Lipinski definition) is 6. The van der Waals surface area contributed by atoms with E-state index in [4.69, 9.17) is 4.74 Å². The van der Waals surface area contributed by atoms with Gasteiger partial charge in [-0.15, -0.1) is 0 Å². The Kier molecular flexibility index (Phi) is 13.4. The number of aliphatic hydroxyl groups excluding tert-OH is 1. The summed E-state index contributed by atoms with van der Waals surface area (Å²) >= 11 is 0. The average molecular weight is 603 g/mol. The second-order valence-corrected chi connectivity index (χ2v) is 11.1. The molecule has 0 saturated heterocycles. The van der Waals surface area contributed by atoms with Crippen molar-refractivity contribution in [3.63, 3.8) is 0 Å². The van der Waals surface area contributed by atoms with Crippen LogP contribution in [0.25, 0.3) is 0 Å². The van der Waals surface area contributed by atoms with Gasteiger partial charge < -0.3 is 31.1 Å². The molecule has 0 fully saturated rings. The number of benzene rings is 3. The predicted molar refractivity (Wildman–Crippen MR) is 167 cm³/mol. The van der Waals surface area contributed by atoms with Gasteiger partial charge in [-0.2, -0.15) is 0 Å². The Morgan fingerprint density at radius 3 is 1.80 bits per heavy atom. The third-order valence-electron chi connectivity index (χ3n) is 6.87. The van der Waals surface area contributed by atoms with Crippen LogP contribution in [0.5, 0.6) is 0 Å². The third kappa shape index (κ3) is 11.5. The van der Waals surface area contributed by atoms with Gasteiger partial charge >= 0.3 is 6.09 Å². The van der Waals surface area contributed by atoms with Crippen LogP contribution in [0.15, 0.2) is 91.0 Å². The van der Waals surface area contributed by atoms with Gasteiger partial charge in [-0.1, -0.05) is 105 Å². The minimum Gasteiger partial charge on any atom is -0.445 e. The molecule has 10 heteroatoms. The number of carbonyl (C=O) groups excluding carboxylic acids is 4. The van der Waals surface area contributed by atoms with E-state index in [1.54, 1.807) is 0 Å². The molecule has 3 aromatic carbocycles. The highest BCUT2D eigenvalue weighted by atomic mass is 16.5. The zero-order valence-corrected chi connectivity index (χ0v) is 25.4. The van der Waals surface area contributed by atoms with Gasteiger partial charge in [0, 0.05) is 6.54 Å². The fourth-order valence-corrected chi connectivity index (χ4v) is 4.47. The van der Waals surface area contributed by atoms with Crippen molar-refractivity contribution in [1.29, 1.82) is 0 Å². The Balaban J connectivity index is 1.65. The smallest absolute Gasteiger partial charge is 0.408 e. The van der Waals surface area contributed by atoms with Gasteiger partial charge in [0.1, 0.15) is 18.7 Å². The SMILES string of the molecule is CC(C)C[C@H](NC(=O)[C@H](C)NC(=O)OCc1ccccc1)C(=O)N[C@@H](Cc1ccccc1)C(O)C(=O)NCc1ccccc1. The standard InChI is InChI=1S/C34H42N4O6/c1-23(2)19-29(38-31(40)24(3)36-34(43)44-22-27-17-11-6-12-18-27)32(41)37-28(20-25-13-7-4-8-14-25)30(39)33(42)35-21-26-15-9-5-10-16-26/h4-18,23-24,28-30,39H,19-22H2,1-3H3,(H,35,42)(H,36,43)(H,37,41)(H,38,40)/t24-,28-,29-,30?/m0/s1. The summed E-state index contributed by atoms with van der Waals surface area (Å²) in [6.45, 7) is 5.56. The topological polar surface area (TPSA) is 146 Å². The summed E-state index contributed by atoms with van der Waals surface area (Å²) in [5.74, 6) is -1.74. The van der Waals surface area contributed by atoms with E-state index in [1.165, 1.54) is 6.92 Å². The number of ether oxygens (including phenoxy) is 1. The molecule has 0 aromatic heterocycles. The summed E-state index contributed by atoms with van der Waals surface area (Å²) in [5, 5.41) is 21.8. The lowest BCUT2D eigenvalue weighted by molar-refractivity contribution is -0.134. The molecule has 3 aromatic rings. The lowest BCUT2D eigenvalue weighted by Gasteiger charge is -2.28. The summed E-state index contributed by atoms with van der Waals surface area (Å²) < 4.78 is 5.20. The van der Waals surface area contributed by atoms with Crippen LogP contribution in [0, 0.1) is 5.92 Å². The molecule has 234 valence electrons. The van der Waals surface area contributed by atoms with E-state index in [2.05, 4.69) is 21.3 Å². The average Bonchev–Trinajstić information content (AvgIpc) is 3.02. The van der Waals surface area contributed by atoms with E-state index in [0.29, 0.717) is 0 Å². The zero-order chi connectivity index (χ0) is 31.9. The van der Waals surface area contributed by atoms with Crippen LogP contribution < -0.4 is 21.3 Å². The zero-order valence-electron chi connectivity index (χ0n) is 25.4. The van der Waals surface area contributed by atoms with Crippen molar-refractivity contribution in [3.05, 3.63) is 108 Å². The number of nitrogens with one attached hydrogen (secondary N) is 4. The molecular weight excluding hydrogens is 560 g/mol. The van der Waals surface area contributed by atoms with Crippen LogP contribution in [-0.2, 0) is 38.7 Å². The molecule has 44 heavy (non-hydrogen) atoms. The summed E-state index contributed by atoms with van der Waals surface area (Å²) in [5.41, 5.74) is 2.47. The quantitative estimate of drug-likeness (QED) is 0.181. The van der Waals surface area contributed by atoms with Crippen molar-refractivity contribution in [2.75, 3.05) is 0 Å². The maximum Gasteiger partial charge on any atom is 0.408 e. The maximum absolute atomic E-state index is 13.5. The minimum atomic E-state index is -1.56. The van der Waals surface area contributed by atoms with E-state index < -0.39 is 48.0 Å². The molecule has 0 aliphatic carbocycles. The van der Waals surface area contributed by atoms with E-state index in [9.17, 15) is 24.3 Å². The number of amides is 4. The maximum atomic E-state index is 13.5.